The summed E-state index contributed by atoms with van der Waals surface area (Å²) >= 11 is 0. The fourth-order valence-electron chi connectivity index (χ4n) is 3.33. The third-order valence-corrected chi connectivity index (χ3v) is 4.80. The van der Waals surface area contributed by atoms with Crippen molar-refractivity contribution in [1.29, 1.82) is 0 Å². The van der Waals surface area contributed by atoms with Crippen molar-refractivity contribution in [3.8, 4) is 11.5 Å². The van der Waals surface area contributed by atoms with Gasteiger partial charge in [-0.3, -0.25) is 14.4 Å². The third kappa shape index (κ3) is 4.48. The van der Waals surface area contributed by atoms with Crippen LogP contribution in [-0.2, 0) is 20.8 Å². The van der Waals surface area contributed by atoms with Gasteiger partial charge in [0, 0.05) is 13.0 Å². The number of carbonyl (C=O) groups is 3. The highest BCUT2D eigenvalue weighted by Crippen LogP contribution is 2.34. The Hall–Kier alpha value is -3.55. The van der Waals surface area contributed by atoms with Crippen molar-refractivity contribution >= 4 is 29.2 Å². The summed E-state index contributed by atoms with van der Waals surface area (Å²) in [5.74, 6) is -1.88. The number of carboxylic acids is 1. The first kappa shape index (κ1) is 20.2. The number of ether oxygens (including phenoxy) is 1. The van der Waals surface area contributed by atoms with Gasteiger partial charge in [0.25, 0.3) is 0 Å². The molecule has 8 nitrogen and oxygen atoms in total. The Morgan fingerprint density at radius 1 is 1.24 bits per heavy atom. The van der Waals surface area contributed by atoms with Gasteiger partial charge in [0.15, 0.2) is 0 Å². The lowest BCUT2D eigenvalue weighted by Crippen LogP contribution is -2.28. The number of nitrogens with zero attached hydrogens (tertiary/aromatic N) is 1. The summed E-state index contributed by atoms with van der Waals surface area (Å²) in [5.41, 5.74) is 2.13. The van der Waals surface area contributed by atoms with E-state index >= 15 is 0 Å². The molecule has 1 fully saturated rings. The van der Waals surface area contributed by atoms with Crippen molar-refractivity contribution < 1.29 is 29.3 Å². The van der Waals surface area contributed by atoms with Crippen molar-refractivity contribution in [3.05, 3.63) is 47.5 Å². The van der Waals surface area contributed by atoms with Gasteiger partial charge < -0.3 is 25.2 Å². The summed E-state index contributed by atoms with van der Waals surface area (Å²) in [6.07, 6.45) is -0.204. The Bertz CT molecular complexity index is 972. The van der Waals surface area contributed by atoms with Crippen LogP contribution in [0.15, 0.2) is 36.4 Å². The minimum atomic E-state index is -1.02. The van der Waals surface area contributed by atoms with E-state index in [1.807, 2.05) is 19.1 Å². The molecule has 1 heterocycles. The number of rotatable bonds is 6. The first-order valence-corrected chi connectivity index (χ1v) is 9.08. The second-order valence-electron chi connectivity index (χ2n) is 6.99. The molecule has 2 amide bonds. The molecule has 3 N–H and O–H groups in total. The van der Waals surface area contributed by atoms with Crippen LogP contribution in [0, 0.1) is 12.8 Å². The van der Waals surface area contributed by atoms with Crippen LogP contribution in [0.4, 0.5) is 11.4 Å². The SMILES string of the molecule is COc1ccc(C)cc1N1CC(C(=O)Nc2cc(CC(=O)O)ccc2O)CC1=O. The van der Waals surface area contributed by atoms with Gasteiger partial charge >= 0.3 is 5.97 Å². The predicted molar refractivity (Wildman–Crippen MR) is 106 cm³/mol. The summed E-state index contributed by atoms with van der Waals surface area (Å²) < 4.78 is 5.34. The third-order valence-electron chi connectivity index (χ3n) is 4.80. The van der Waals surface area contributed by atoms with E-state index in [9.17, 15) is 19.5 Å². The normalized spacial score (nSPS) is 16.0. The van der Waals surface area contributed by atoms with Crippen LogP contribution in [0.3, 0.4) is 0 Å². The van der Waals surface area contributed by atoms with E-state index in [0.717, 1.165) is 5.56 Å². The number of nitrogens with one attached hydrogen (secondary N) is 1. The maximum atomic E-state index is 12.7. The molecule has 0 saturated carbocycles. The number of phenolic OH excluding ortho intramolecular Hbond substituents is 1. The van der Waals surface area contributed by atoms with Crippen LogP contribution < -0.4 is 15.0 Å². The molecule has 2 aromatic rings. The predicted octanol–water partition coefficient (Wildman–Crippen LogP) is 2.33. The average Bonchev–Trinajstić information content (AvgIpc) is 3.05. The van der Waals surface area contributed by atoms with Crippen LogP contribution in [0.2, 0.25) is 0 Å². The van der Waals surface area contributed by atoms with Gasteiger partial charge in [-0.2, -0.15) is 0 Å². The highest BCUT2D eigenvalue weighted by atomic mass is 16.5. The fourth-order valence-corrected chi connectivity index (χ4v) is 3.33. The van der Waals surface area contributed by atoms with Gasteiger partial charge in [-0.05, 0) is 42.3 Å². The second-order valence-corrected chi connectivity index (χ2v) is 6.99. The number of carbonyl (C=O) groups excluding carboxylic acids is 2. The van der Waals surface area contributed by atoms with E-state index in [4.69, 9.17) is 9.84 Å². The lowest BCUT2D eigenvalue weighted by molar-refractivity contribution is -0.136. The first-order valence-electron chi connectivity index (χ1n) is 9.08. The molecule has 1 atom stereocenters. The van der Waals surface area contributed by atoms with Gasteiger partial charge in [-0.25, -0.2) is 0 Å². The minimum absolute atomic E-state index is 0.0263. The van der Waals surface area contributed by atoms with Gasteiger partial charge in [0.1, 0.15) is 11.5 Å². The molecule has 3 rings (SSSR count). The summed E-state index contributed by atoms with van der Waals surface area (Å²) in [6.45, 7) is 2.08. The number of amides is 2. The highest BCUT2D eigenvalue weighted by molar-refractivity contribution is 6.04. The fraction of sp³-hybridized carbons (Fsp3) is 0.286. The second kappa shape index (κ2) is 8.22. The van der Waals surface area contributed by atoms with Crippen LogP contribution >= 0.6 is 0 Å². The highest BCUT2D eigenvalue weighted by Gasteiger charge is 2.36. The lowest BCUT2D eigenvalue weighted by Gasteiger charge is -2.20. The number of phenols is 1. The molecule has 1 saturated heterocycles. The number of aromatic hydroxyl groups is 1. The molecule has 152 valence electrons. The molecule has 1 aliphatic heterocycles. The van der Waals surface area contributed by atoms with E-state index in [2.05, 4.69) is 5.32 Å². The summed E-state index contributed by atoms with van der Waals surface area (Å²) in [7, 11) is 1.52. The van der Waals surface area contributed by atoms with E-state index in [-0.39, 0.29) is 36.7 Å². The molecular formula is C21H22N2O6. The van der Waals surface area contributed by atoms with E-state index in [1.165, 1.54) is 30.2 Å². The van der Waals surface area contributed by atoms with E-state index in [0.29, 0.717) is 17.0 Å². The quantitative estimate of drug-likeness (QED) is 0.643. The Labute approximate surface area is 167 Å². The molecule has 1 unspecified atom stereocenters. The van der Waals surface area contributed by atoms with E-state index < -0.39 is 17.8 Å². The van der Waals surface area contributed by atoms with Gasteiger partial charge in [0.2, 0.25) is 11.8 Å². The van der Waals surface area contributed by atoms with Gasteiger partial charge in [-0.15, -0.1) is 0 Å². The van der Waals surface area contributed by atoms with Crippen LogP contribution in [0.25, 0.3) is 0 Å². The monoisotopic (exact) mass is 398 g/mol. The van der Waals surface area contributed by atoms with Crippen LogP contribution in [0.1, 0.15) is 17.5 Å². The summed E-state index contributed by atoms with van der Waals surface area (Å²) in [4.78, 5) is 37.6. The maximum Gasteiger partial charge on any atom is 0.307 e. The molecule has 0 spiro atoms. The van der Waals surface area contributed by atoms with Gasteiger partial charge in [-0.1, -0.05) is 12.1 Å². The number of aliphatic carboxylic acids is 1. The average molecular weight is 398 g/mol. The molecule has 0 aromatic heterocycles. The largest absolute Gasteiger partial charge is 0.506 e. The number of hydrogen-bond donors (Lipinski definition) is 3. The van der Waals surface area contributed by atoms with Crippen molar-refractivity contribution in [2.45, 2.75) is 19.8 Å². The molecular weight excluding hydrogens is 376 g/mol. The first-order chi connectivity index (χ1) is 13.8. The zero-order chi connectivity index (χ0) is 21.1. The zero-order valence-corrected chi connectivity index (χ0v) is 16.1. The van der Waals surface area contributed by atoms with Crippen molar-refractivity contribution in [1.82, 2.24) is 0 Å². The molecule has 0 bridgehead atoms. The number of benzene rings is 2. The molecule has 29 heavy (non-hydrogen) atoms. The van der Waals surface area contributed by atoms with Gasteiger partial charge in [0.05, 0.1) is 30.8 Å². The topological polar surface area (TPSA) is 116 Å². The standard InChI is InChI=1S/C21H22N2O6/c1-12-3-6-18(29-2)16(7-12)23-11-14(10-19(23)25)21(28)22-15-8-13(9-20(26)27)4-5-17(15)24/h3-8,14,24H,9-11H2,1-2H3,(H,22,28)(H,26,27). The zero-order valence-electron chi connectivity index (χ0n) is 16.1. The number of anilines is 2. The Balaban J connectivity index is 1.76. The van der Waals surface area contributed by atoms with E-state index in [1.54, 1.807) is 6.07 Å². The number of methoxy groups -OCH3 is 1. The molecule has 1 aliphatic rings. The van der Waals surface area contributed by atoms with Crippen molar-refractivity contribution in [2.75, 3.05) is 23.9 Å². The Morgan fingerprint density at radius 3 is 2.69 bits per heavy atom. The smallest absolute Gasteiger partial charge is 0.307 e. The van der Waals surface area contributed by atoms with Crippen LogP contribution in [-0.4, -0.2) is 41.7 Å². The summed E-state index contributed by atoms with van der Waals surface area (Å²) in [5, 5.41) is 21.5. The molecule has 2 aromatic carbocycles. The molecule has 0 aliphatic carbocycles. The van der Waals surface area contributed by atoms with Crippen molar-refractivity contribution in [3.63, 3.8) is 0 Å². The number of carboxylic acid groups (broad SMARTS) is 1. The maximum absolute atomic E-state index is 12.7. The molecule has 0 radical (unpaired) electrons. The Morgan fingerprint density at radius 2 is 2.00 bits per heavy atom. The number of hydrogen-bond acceptors (Lipinski definition) is 5. The lowest BCUT2D eigenvalue weighted by atomic mass is 10.1. The van der Waals surface area contributed by atoms with Crippen molar-refractivity contribution in [2.24, 2.45) is 5.92 Å². The van der Waals surface area contributed by atoms with Crippen LogP contribution in [0.5, 0.6) is 11.5 Å². The summed E-state index contributed by atoms with van der Waals surface area (Å²) in [6, 6.07) is 9.70. The minimum Gasteiger partial charge on any atom is -0.506 e. The Kier molecular flexibility index (Phi) is 5.72. The molecule has 8 heteroatoms. The number of aryl methyl sites for hydroxylation is 1.